The molecular weight excluding hydrogens is 324 g/mol. The van der Waals surface area contributed by atoms with Crippen molar-refractivity contribution in [1.82, 2.24) is 0 Å². The number of methoxy groups -OCH3 is 1. The highest BCUT2D eigenvalue weighted by Gasteiger charge is 2.06. The minimum absolute atomic E-state index is 0.0929. The lowest BCUT2D eigenvalue weighted by Gasteiger charge is -2.12. The van der Waals surface area contributed by atoms with Gasteiger partial charge in [0.05, 0.1) is 13.7 Å². The number of ether oxygens (including phenoxy) is 1. The Morgan fingerprint density at radius 1 is 0.885 bits per heavy atom. The standard InChI is InChI=1S/C22H22N2O2/c1-26-20-13-11-19(12-14-20)24-22(25)16-23-21-10-6-5-9-18(21)15-17-7-3-2-4-8-17/h2-14,23H,15-16H2,1H3,(H,24,25). The van der Waals surface area contributed by atoms with Crippen LogP contribution < -0.4 is 15.4 Å². The molecule has 2 N–H and O–H groups in total. The minimum Gasteiger partial charge on any atom is -0.497 e. The molecule has 4 heteroatoms. The second-order valence-electron chi connectivity index (χ2n) is 5.95. The van der Waals surface area contributed by atoms with Gasteiger partial charge in [0.2, 0.25) is 5.91 Å². The second-order valence-corrected chi connectivity index (χ2v) is 5.95. The van der Waals surface area contributed by atoms with Gasteiger partial charge in [-0.25, -0.2) is 0 Å². The van der Waals surface area contributed by atoms with Gasteiger partial charge in [0.15, 0.2) is 0 Å². The molecule has 26 heavy (non-hydrogen) atoms. The maximum Gasteiger partial charge on any atom is 0.243 e. The number of benzene rings is 3. The molecule has 3 rings (SSSR count). The molecule has 1 amide bonds. The SMILES string of the molecule is COc1ccc(NC(=O)CNc2ccccc2Cc2ccccc2)cc1. The molecule has 0 aliphatic carbocycles. The lowest BCUT2D eigenvalue weighted by molar-refractivity contribution is -0.114. The van der Waals surface area contributed by atoms with Gasteiger partial charge in [-0.15, -0.1) is 0 Å². The summed E-state index contributed by atoms with van der Waals surface area (Å²) < 4.78 is 5.12. The Balaban J connectivity index is 1.59. The summed E-state index contributed by atoms with van der Waals surface area (Å²) in [6.45, 7) is 0.206. The fourth-order valence-electron chi connectivity index (χ4n) is 2.72. The monoisotopic (exact) mass is 346 g/mol. The predicted octanol–water partition coefficient (Wildman–Crippen LogP) is 4.34. The number of para-hydroxylation sites is 1. The molecule has 0 heterocycles. The fourth-order valence-corrected chi connectivity index (χ4v) is 2.72. The van der Waals surface area contributed by atoms with Gasteiger partial charge in [0, 0.05) is 11.4 Å². The van der Waals surface area contributed by atoms with Gasteiger partial charge < -0.3 is 15.4 Å². The van der Waals surface area contributed by atoms with Gasteiger partial charge in [-0.2, -0.15) is 0 Å². The quantitative estimate of drug-likeness (QED) is 0.669. The number of anilines is 2. The third kappa shape index (κ3) is 4.86. The van der Waals surface area contributed by atoms with Crippen LogP contribution in [0.25, 0.3) is 0 Å². The Morgan fingerprint density at radius 3 is 2.31 bits per heavy atom. The molecule has 3 aromatic carbocycles. The molecule has 0 aliphatic rings. The lowest BCUT2D eigenvalue weighted by Crippen LogP contribution is -2.22. The van der Waals surface area contributed by atoms with Crippen LogP contribution in [0.5, 0.6) is 5.75 Å². The summed E-state index contributed by atoms with van der Waals surface area (Å²) >= 11 is 0. The van der Waals surface area contributed by atoms with E-state index >= 15 is 0 Å². The lowest BCUT2D eigenvalue weighted by atomic mass is 10.0. The van der Waals surface area contributed by atoms with Gasteiger partial charge in [-0.05, 0) is 47.9 Å². The third-order valence-corrected chi connectivity index (χ3v) is 4.07. The van der Waals surface area contributed by atoms with Crippen LogP contribution in [0, 0.1) is 0 Å². The van der Waals surface area contributed by atoms with Crippen molar-refractivity contribution in [2.24, 2.45) is 0 Å². The summed E-state index contributed by atoms with van der Waals surface area (Å²) in [6.07, 6.45) is 0.824. The fraction of sp³-hybridized carbons (Fsp3) is 0.136. The van der Waals surface area contributed by atoms with Crippen LogP contribution in [-0.2, 0) is 11.2 Å². The van der Waals surface area contributed by atoms with Gasteiger partial charge in [-0.1, -0.05) is 48.5 Å². The van der Waals surface area contributed by atoms with E-state index < -0.39 is 0 Å². The van der Waals surface area contributed by atoms with Crippen molar-refractivity contribution < 1.29 is 9.53 Å². The molecule has 4 nitrogen and oxygen atoms in total. The van der Waals surface area contributed by atoms with E-state index in [1.54, 1.807) is 7.11 Å². The molecule has 0 aromatic heterocycles. The number of hydrogen-bond donors (Lipinski definition) is 2. The molecule has 0 saturated heterocycles. The van der Waals surface area contributed by atoms with E-state index in [4.69, 9.17) is 4.74 Å². The van der Waals surface area contributed by atoms with E-state index in [1.807, 2.05) is 60.7 Å². The Morgan fingerprint density at radius 2 is 1.58 bits per heavy atom. The molecule has 0 fully saturated rings. The Bertz CT molecular complexity index is 846. The van der Waals surface area contributed by atoms with Crippen LogP contribution in [0.3, 0.4) is 0 Å². The first kappa shape index (κ1) is 17.5. The molecule has 0 radical (unpaired) electrons. The second kappa shape index (κ2) is 8.72. The zero-order chi connectivity index (χ0) is 18.2. The Kier molecular flexibility index (Phi) is 5.88. The summed E-state index contributed by atoms with van der Waals surface area (Å²) in [6, 6.07) is 25.6. The molecule has 0 saturated carbocycles. The van der Waals surface area contributed by atoms with Gasteiger partial charge in [0.1, 0.15) is 5.75 Å². The van der Waals surface area contributed by atoms with Crippen LogP contribution >= 0.6 is 0 Å². The van der Waals surface area contributed by atoms with Gasteiger partial charge >= 0.3 is 0 Å². The van der Waals surface area contributed by atoms with Crippen molar-refractivity contribution in [3.8, 4) is 5.75 Å². The van der Waals surface area contributed by atoms with E-state index in [1.165, 1.54) is 5.56 Å². The predicted molar refractivity (Wildman–Crippen MR) is 106 cm³/mol. The highest BCUT2D eigenvalue weighted by Crippen LogP contribution is 2.19. The number of hydrogen-bond acceptors (Lipinski definition) is 3. The molecule has 3 aromatic rings. The Hall–Kier alpha value is -3.27. The van der Waals surface area contributed by atoms with Gasteiger partial charge in [0.25, 0.3) is 0 Å². The van der Waals surface area contributed by atoms with E-state index in [0.29, 0.717) is 0 Å². The smallest absolute Gasteiger partial charge is 0.243 e. The number of nitrogens with one attached hydrogen (secondary N) is 2. The van der Waals surface area contributed by atoms with Crippen molar-refractivity contribution >= 4 is 17.3 Å². The summed E-state index contributed by atoms with van der Waals surface area (Å²) in [5.41, 5.74) is 4.12. The topological polar surface area (TPSA) is 50.4 Å². The molecule has 0 unspecified atom stereocenters. The van der Waals surface area contributed by atoms with Crippen molar-refractivity contribution in [3.05, 3.63) is 90.0 Å². The largest absolute Gasteiger partial charge is 0.497 e. The van der Waals surface area contributed by atoms with Crippen molar-refractivity contribution in [3.63, 3.8) is 0 Å². The van der Waals surface area contributed by atoms with Crippen molar-refractivity contribution in [1.29, 1.82) is 0 Å². The third-order valence-electron chi connectivity index (χ3n) is 4.07. The molecule has 132 valence electrons. The maximum absolute atomic E-state index is 12.2. The van der Waals surface area contributed by atoms with E-state index in [-0.39, 0.29) is 12.5 Å². The molecule has 0 aliphatic heterocycles. The average molecular weight is 346 g/mol. The van der Waals surface area contributed by atoms with Crippen molar-refractivity contribution in [2.45, 2.75) is 6.42 Å². The average Bonchev–Trinajstić information content (AvgIpc) is 2.69. The van der Waals surface area contributed by atoms with E-state index in [9.17, 15) is 4.79 Å². The zero-order valence-corrected chi connectivity index (χ0v) is 14.7. The summed E-state index contributed by atoms with van der Waals surface area (Å²) in [7, 11) is 1.62. The molecule has 0 spiro atoms. The van der Waals surface area contributed by atoms with Crippen LogP contribution in [0.15, 0.2) is 78.9 Å². The molecular formula is C22H22N2O2. The van der Waals surface area contributed by atoms with Crippen LogP contribution in [0.2, 0.25) is 0 Å². The first-order valence-electron chi connectivity index (χ1n) is 8.54. The van der Waals surface area contributed by atoms with Crippen molar-refractivity contribution in [2.75, 3.05) is 24.3 Å². The Labute approximate surface area is 153 Å². The highest BCUT2D eigenvalue weighted by atomic mass is 16.5. The maximum atomic E-state index is 12.2. The van der Waals surface area contributed by atoms with Crippen LogP contribution in [0.1, 0.15) is 11.1 Å². The number of carbonyl (C=O) groups excluding carboxylic acids is 1. The number of rotatable bonds is 7. The van der Waals surface area contributed by atoms with E-state index in [0.717, 1.165) is 29.1 Å². The first-order valence-corrected chi connectivity index (χ1v) is 8.54. The molecule has 0 atom stereocenters. The van der Waals surface area contributed by atoms with E-state index in [2.05, 4.69) is 28.8 Å². The zero-order valence-electron chi connectivity index (χ0n) is 14.7. The normalized spacial score (nSPS) is 10.2. The minimum atomic E-state index is -0.0929. The highest BCUT2D eigenvalue weighted by molar-refractivity contribution is 5.93. The summed E-state index contributed by atoms with van der Waals surface area (Å²) in [5.74, 6) is 0.667. The molecule has 0 bridgehead atoms. The van der Waals surface area contributed by atoms with Crippen LogP contribution in [-0.4, -0.2) is 19.6 Å². The van der Waals surface area contributed by atoms with Gasteiger partial charge in [-0.3, -0.25) is 4.79 Å². The van der Waals surface area contributed by atoms with Crippen LogP contribution in [0.4, 0.5) is 11.4 Å². The summed E-state index contributed by atoms with van der Waals surface area (Å²) in [4.78, 5) is 12.2. The summed E-state index contributed by atoms with van der Waals surface area (Å²) in [5, 5.41) is 6.11. The first-order chi connectivity index (χ1) is 12.7. The number of carbonyl (C=O) groups is 1. The number of amides is 1.